The maximum atomic E-state index is 11.9. The zero-order valence-corrected chi connectivity index (χ0v) is 11.4. The fourth-order valence-corrected chi connectivity index (χ4v) is 1.66. The molecule has 0 radical (unpaired) electrons. The monoisotopic (exact) mass is 265 g/mol. The highest BCUT2D eigenvalue weighted by Crippen LogP contribution is 2.11. The largest absolute Gasteiger partial charge is 0.351 e. The van der Waals surface area contributed by atoms with Crippen molar-refractivity contribution in [1.82, 2.24) is 15.1 Å². The highest BCUT2D eigenvalue weighted by molar-refractivity contribution is 6.04. The predicted molar refractivity (Wildman–Crippen MR) is 71.3 cm³/mol. The summed E-state index contributed by atoms with van der Waals surface area (Å²) in [5, 5.41) is 2.64. The van der Waals surface area contributed by atoms with Crippen LogP contribution in [0.15, 0.2) is 24.3 Å². The van der Waals surface area contributed by atoms with Gasteiger partial charge in [0.05, 0.1) is 0 Å². The third kappa shape index (κ3) is 3.67. The van der Waals surface area contributed by atoms with Gasteiger partial charge in [-0.3, -0.25) is 14.5 Å². The number of amides is 4. The summed E-state index contributed by atoms with van der Waals surface area (Å²) in [5.41, 5.74) is 0.762. The van der Waals surface area contributed by atoms with Crippen LogP contribution in [-0.4, -0.2) is 53.8 Å². The SMILES string of the molecule is C=C(C)C(=O)NCCN1CCN(C(=O)C(=C)C)C1=O. The lowest BCUT2D eigenvalue weighted by Gasteiger charge is -2.17. The van der Waals surface area contributed by atoms with E-state index < -0.39 is 0 Å². The Morgan fingerprint density at radius 1 is 1.21 bits per heavy atom. The molecule has 0 saturated carbocycles. The standard InChI is InChI=1S/C13H19N3O3/c1-9(2)11(17)14-5-6-15-7-8-16(13(15)19)12(18)10(3)4/h1,3,5-8H2,2,4H3,(H,14,17). The van der Waals surface area contributed by atoms with E-state index in [1.165, 1.54) is 9.80 Å². The van der Waals surface area contributed by atoms with Gasteiger partial charge in [-0.15, -0.1) is 0 Å². The minimum Gasteiger partial charge on any atom is -0.351 e. The van der Waals surface area contributed by atoms with E-state index in [1.807, 2.05) is 0 Å². The number of carbonyl (C=O) groups is 3. The Morgan fingerprint density at radius 3 is 2.37 bits per heavy atom. The van der Waals surface area contributed by atoms with E-state index in [4.69, 9.17) is 0 Å². The molecular weight excluding hydrogens is 246 g/mol. The molecule has 0 aromatic carbocycles. The molecule has 1 aliphatic rings. The Bertz CT molecular complexity index is 442. The van der Waals surface area contributed by atoms with Gasteiger partial charge >= 0.3 is 6.03 Å². The third-order valence-electron chi connectivity index (χ3n) is 2.76. The van der Waals surface area contributed by atoms with Gasteiger partial charge in [-0.1, -0.05) is 13.2 Å². The van der Waals surface area contributed by atoms with E-state index in [0.717, 1.165) is 0 Å². The Balaban J connectivity index is 2.44. The first-order chi connectivity index (χ1) is 8.84. The molecule has 6 heteroatoms. The fourth-order valence-electron chi connectivity index (χ4n) is 1.66. The molecule has 1 rings (SSSR count). The molecule has 19 heavy (non-hydrogen) atoms. The highest BCUT2D eigenvalue weighted by atomic mass is 16.2. The third-order valence-corrected chi connectivity index (χ3v) is 2.76. The second-order valence-corrected chi connectivity index (χ2v) is 4.54. The maximum absolute atomic E-state index is 11.9. The Hall–Kier alpha value is -2.11. The van der Waals surface area contributed by atoms with Gasteiger partial charge in [-0.25, -0.2) is 4.79 Å². The van der Waals surface area contributed by atoms with Gasteiger partial charge in [0.15, 0.2) is 0 Å². The van der Waals surface area contributed by atoms with Crippen LogP contribution < -0.4 is 5.32 Å². The molecule has 0 spiro atoms. The highest BCUT2D eigenvalue weighted by Gasteiger charge is 2.32. The Morgan fingerprint density at radius 2 is 1.84 bits per heavy atom. The molecule has 0 aromatic rings. The van der Waals surface area contributed by atoms with Crippen molar-refractivity contribution in [2.75, 3.05) is 26.2 Å². The van der Waals surface area contributed by atoms with Gasteiger partial charge in [0, 0.05) is 37.3 Å². The van der Waals surface area contributed by atoms with Gasteiger partial charge in [-0.2, -0.15) is 0 Å². The summed E-state index contributed by atoms with van der Waals surface area (Å²) in [6.45, 7) is 11.8. The number of nitrogens with one attached hydrogen (secondary N) is 1. The van der Waals surface area contributed by atoms with Gasteiger partial charge in [0.1, 0.15) is 0 Å². The van der Waals surface area contributed by atoms with Crippen molar-refractivity contribution in [2.24, 2.45) is 0 Å². The normalized spacial score (nSPS) is 14.5. The van der Waals surface area contributed by atoms with E-state index >= 15 is 0 Å². The lowest BCUT2D eigenvalue weighted by Crippen LogP contribution is -2.40. The number of carbonyl (C=O) groups excluding carboxylic acids is 3. The minimum atomic E-state index is -0.349. The van der Waals surface area contributed by atoms with Crippen molar-refractivity contribution >= 4 is 17.8 Å². The number of urea groups is 1. The van der Waals surface area contributed by atoms with Gasteiger partial charge in [-0.05, 0) is 13.8 Å². The molecule has 1 saturated heterocycles. The zero-order valence-electron chi connectivity index (χ0n) is 11.4. The van der Waals surface area contributed by atoms with Crippen molar-refractivity contribution in [3.8, 4) is 0 Å². The molecule has 104 valence electrons. The number of hydrogen-bond donors (Lipinski definition) is 1. The van der Waals surface area contributed by atoms with Crippen LogP contribution in [0.4, 0.5) is 4.79 Å². The van der Waals surface area contributed by atoms with Crippen molar-refractivity contribution < 1.29 is 14.4 Å². The smallest absolute Gasteiger partial charge is 0.327 e. The molecule has 4 amide bonds. The molecule has 1 heterocycles. The van der Waals surface area contributed by atoms with Gasteiger partial charge < -0.3 is 10.2 Å². The van der Waals surface area contributed by atoms with Gasteiger partial charge in [0.2, 0.25) is 5.91 Å². The predicted octanol–water partition coefficient (Wildman–Crippen LogP) is 0.519. The number of hydrogen-bond acceptors (Lipinski definition) is 3. The summed E-state index contributed by atoms with van der Waals surface area (Å²) < 4.78 is 0. The minimum absolute atomic E-state index is 0.235. The molecule has 6 nitrogen and oxygen atoms in total. The van der Waals surface area contributed by atoms with Crippen LogP contribution in [0.3, 0.4) is 0 Å². The quantitative estimate of drug-likeness (QED) is 0.737. The Labute approximate surface area is 112 Å². The summed E-state index contributed by atoms with van der Waals surface area (Å²) in [4.78, 5) is 37.6. The van der Waals surface area contributed by atoms with Crippen LogP contribution >= 0.6 is 0 Å². The van der Waals surface area contributed by atoms with Crippen LogP contribution in [0, 0.1) is 0 Å². The van der Waals surface area contributed by atoms with Crippen molar-refractivity contribution in [3.05, 3.63) is 24.3 Å². The van der Waals surface area contributed by atoms with Crippen LogP contribution in [0.25, 0.3) is 0 Å². The van der Waals surface area contributed by atoms with Crippen molar-refractivity contribution in [2.45, 2.75) is 13.8 Å². The molecule has 1 fully saturated rings. The average molecular weight is 265 g/mol. The molecular formula is C13H19N3O3. The molecule has 1 N–H and O–H groups in total. The van der Waals surface area contributed by atoms with Crippen LogP contribution in [0.1, 0.15) is 13.8 Å². The van der Waals surface area contributed by atoms with Crippen LogP contribution in [0.5, 0.6) is 0 Å². The number of rotatable bonds is 5. The van der Waals surface area contributed by atoms with E-state index in [1.54, 1.807) is 13.8 Å². The van der Waals surface area contributed by atoms with Gasteiger partial charge in [0.25, 0.3) is 5.91 Å². The lowest BCUT2D eigenvalue weighted by molar-refractivity contribution is -0.123. The first-order valence-corrected chi connectivity index (χ1v) is 6.04. The second kappa shape index (κ2) is 6.17. The molecule has 1 aliphatic heterocycles. The molecule has 0 aromatic heterocycles. The topological polar surface area (TPSA) is 69.7 Å². The first kappa shape index (κ1) is 14.9. The summed E-state index contributed by atoms with van der Waals surface area (Å²) in [6, 6.07) is -0.336. The van der Waals surface area contributed by atoms with E-state index in [-0.39, 0.29) is 17.8 Å². The number of imide groups is 1. The summed E-state index contributed by atoms with van der Waals surface area (Å²) in [5.74, 6) is -0.583. The summed E-state index contributed by atoms with van der Waals surface area (Å²) >= 11 is 0. The van der Waals surface area contributed by atoms with E-state index in [9.17, 15) is 14.4 Å². The van der Waals surface area contributed by atoms with E-state index in [2.05, 4.69) is 18.5 Å². The lowest BCUT2D eigenvalue weighted by atomic mass is 10.3. The molecule has 0 atom stereocenters. The second-order valence-electron chi connectivity index (χ2n) is 4.54. The molecule has 0 bridgehead atoms. The van der Waals surface area contributed by atoms with Crippen LogP contribution in [-0.2, 0) is 9.59 Å². The van der Waals surface area contributed by atoms with Crippen molar-refractivity contribution in [3.63, 3.8) is 0 Å². The zero-order chi connectivity index (χ0) is 14.6. The Kier molecular flexibility index (Phi) is 4.86. The fraction of sp³-hybridized carbons (Fsp3) is 0.462. The van der Waals surface area contributed by atoms with Crippen LogP contribution in [0.2, 0.25) is 0 Å². The summed E-state index contributed by atoms with van der Waals surface area (Å²) in [6.07, 6.45) is 0. The maximum Gasteiger partial charge on any atom is 0.327 e. The van der Waals surface area contributed by atoms with E-state index in [0.29, 0.717) is 37.3 Å². The molecule has 0 aliphatic carbocycles. The summed E-state index contributed by atoms with van der Waals surface area (Å²) in [7, 11) is 0. The van der Waals surface area contributed by atoms with Crippen molar-refractivity contribution in [1.29, 1.82) is 0 Å². The first-order valence-electron chi connectivity index (χ1n) is 6.04. The average Bonchev–Trinajstić information content (AvgIpc) is 2.69. The molecule has 0 unspecified atom stereocenters. The number of nitrogens with zero attached hydrogens (tertiary/aromatic N) is 2.